The minimum Gasteiger partial charge on any atom is -0.352 e. The Morgan fingerprint density at radius 1 is 0.952 bits per heavy atom. The highest BCUT2D eigenvalue weighted by Gasteiger charge is 2.20. The summed E-state index contributed by atoms with van der Waals surface area (Å²) in [5.41, 5.74) is 6.77. The van der Waals surface area contributed by atoms with E-state index in [1.807, 2.05) is 48.5 Å². The second-order valence-electron chi connectivity index (χ2n) is 4.61. The van der Waals surface area contributed by atoms with Crippen LogP contribution < -0.4 is 16.4 Å². The molecule has 2 rings (SSSR count). The number of primary amides is 1. The lowest BCUT2D eigenvalue weighted by Crippen LogP contribution is -2.47. The third-order valence-electron chi connectivity index (χ3n) is 2.96. The monoisotopic (exact) mass is 283 g/mol. The van der Waals surface area contributed by atoms with Crippen LogP contribution in [0.1, 0.15) is 5.56 Å². The second-order valence-corrected chi connectivity index (χ2v) is 4.61. The fourth-order valence-electron chi connectivity index (χ4n) is 1.98. The number of urea groups is 1. The lowest BCUT2D eigenvalue weighted by Gasteiger charge is -2.17. The third-order valence-corrected chi connectivity index (χ3v) is 2.96. The van der Waals surface area contributed by atoms with E-state index < -0.39 is 12.1 Å². The number of hydrogen-bond donors (Lipinski definition) is 3. The van der Waals surface area contributed by atoms with Gasteiger partial charge >= 0.3 is 6.03 Å². The maximum atomic E-state index is 12.3. The van der Waals surface area contributed by atoms with E-state index in [-0.39, 0.29) is 5.91 Å². The van der Waals surface area contributed by atoms with Gasteiger partial charge in [-0.1, -0.05) is 48.5 Å². The van der Waals surface area contributed by atoms with Gasteiger partial charge in [-0.15, -0.1) is 0 Å². The highest BCUT2D eigenvalue weighted by atomic mass is 16.2. The van der Waals surface area contributed by atoms with Gasteiger partial charge in [0.1, 0.15) is 6.04 Å². The van der Waals surface area contributed by atoms with Crippen molar-refractivity contribution >= 4 is 17.6 Å². The van der Waals surface area contributed by atoms with E-state index in [4.69, 9.17) is 5.73 Å². The van der Waals surface area contributed by atoms with Crippen molar-refractivity contribution in [3.63, 3.8) is 0 Å². The van der Waals surface area contributed by atoms with Gasteiger partial charge in [-0.2, -0.15) is 0 Å². The SMILES string of the molecule is NC(=O)NC(Cc1ccccc1)C(=O)Nc1ccccc1. The van der Waals surface area contributed by atoms with E-state index in [2.05, 4.69) is 10.6 Å². The predicted octanol–water partition coefficient (Wildman–Crippen LogP) is 1.90. The highest BCUT2D eigenvalue weighted by Crippen LogP contribution is 2.08. The molecule has 2 aromatic rings. The summed E-state index contributed by atoms with van der Waals surface area (Å²) in [4.78, 5) is 23.4. The molecule has 0 aromatic heterocycles. The van der Waals surface area contributed by atoms with Gasteiger partial charge < -0.3 is 16.4 Å². The number of rotatable bonds is 5. The molecule has 1 unspecified atom stereocenters. The van der Waals surface area contributed by atoms with Crippen molar-refractivity contribution in [2.45, 2.75) is 12.5 Å². The number of amides is 3. The van der Waals surface area contributed by atoms with Crippen LogP contribution in [0.2, 0.25) is 0 Å². The largest absolute Gasteiger partial charge is 0.352 e. The predicted molar refractivity (Wildman–Crippen MR) is 81.7 cm³/mol. The first kappa shape index (κ1) is 14.6. The average molecular weight is 283 g/mol. The number of benzene rings is 2. The van der Waals surface area contributed by atoms with Gasteiger partial charge in [0.25, 0.3) is 0 Å². The minimum atomic E-state index is -0.723. The molecule has 0 fully saturated rings. The van der Waals surface area contributed by atoms with Crippen molar-refractivity contribution in [2.24, 2.45) is 5.73 Å². The quantitative estimate of drug-likeness (QED) is 0.783. The van der Waals surface area contributed by atoms with Gasteiger partial charge in [0.2, 0.25) is 5.91 Å². The molecule has 0 saturated carbocycles. The summed E-state index contributed by atoms with van der Waals surface area (Å²) in [7, 11) is 0. The molecule has 0 saturated heterocycles. The molecule has 1 atom stereocenters. The Morgan fingerprint density at radius 2 is 1.52 bits per heavy atom. The Balaban J connectivity index is 2.08. The van der Waals surface area contributed by atoms with Crippen LogP contribution in [-0.4, -0.2) is 18.0 Å². The van der Waals surface area contributed by atoms with Crippen LogP contribution in [0.5, 0.6) is 0 Å². The van der Waals surface area contributed by atoms with Crippen molar-refractivity contribution in [1.82, 2.24) is 5.32 Å². The van der Waals surface area contributed by atoms with Crippen LogP contribution in [0.4, 0.5) is 10.5 Å². The molecule has 5 heteroatoms. The highest BCUT2D eigenvalue weighted by molar-refractivity contribution is 5.97. The normalized spacial score (nSPS) is 11.4. The van der Waals surface area contributed by atoms with E-state index in [0.29, 0.717) is 12.1 Å². The zero-order chi connectivity index (χ0) is 15.1. The van der Waals surface area contributed by atoms with Crippen molar-refractivity contribution in [2.75, 3.05) is 5.32 Å². The number of carbonyl (C=O) groups excluding carboxylic acids is 2. The molecule has 108 valence electrons. The van der Waals surface area contributed by atoms with Gasteiger partial charge in [-0.05, 0) is 17.7 Å². The zero-order valence-electron chi connectivity index (χ0n) is 11.5. The summed E-state index contributed by atoms with van der Waals surface area (Å²) in [6.07, 6.45) is 0.377. The van der Waals surface area contributed by atoms with Crippen molar-refractivity contribution < 1.29 is 9.59 Å². The molecular formula is C16H17N3O2. The Bertz CT molecular complexity index is 599. The maximum absolute atomic E-state index is 12.3. The summed E-state index contributed by atoms with van der Waals surface area (Å²) in [5, 5.41) is 5.23. The third kappa shape index (κ3) is 4.65. The number of nitrogens with one attached hydrogen (secondary N) is 2. The van der Waals surface area contributed by atoms with E-state index in [1.54, 1.807) is 12.1 Å². The van der Waals surface area contributed by atoms with Crippen LogP contribution in [-0.2, 0) is 11.2 Å². The van der Waals surface area contributed by atoms with Crippen molar-refractivity contribution in [1.29, 1.82) is 0 Å². The van der Waals surface area contributed by atoms with Gasteiger partial charge in [-0.25, -0.2) is 4.79 Å². The fourth-order valence-corrected chi connectivity index (χ4v) is 1.98. The Kier molecular flexibility index (Phi) is 4.93. The first-order valence-electron chi connectivity index (χ1n) is 6.61. The molecular weight excluding hydrogens is 266 g/mol. The molecule has 21 heavy (non-hydrogen) atoms. The number of carbonyl (C=O) groups is 2. The topological polar surface area (TPSA) is 84.2 Å². The molecule has 4 N–H and O–H groups in total. The first-order chi connectivity index (χ1) is 10.1. The zero-order valence-corrected chi connectivity index (χ0v) is 11.5. The van der Waals surface area contributed by atoms with Crippen LogP contribution in [0.3, 0.4) is 0 Å². The van der Waals surface area contributed by atoms with Gasteiger partial charge in [0, 0.05) is 12.1 Å². The summed E-state index contributed by atoms with van der Waals surface area (Å²) < 4.78 is 0. The standard InChI is InChI=1S/C16H17N3O2/c17-16(21)19-14(11-12-7-3-1-4-8-12)15(20)18-13-9-5-2-6-10-13/h1-10,14H,11H2,(H,18,20)(H3,17,19,21). The molecule has 0 heterocycles. The van der Waals surface area contributed by atoms with Crippen LogP contribution in [0, 0.1) is 0 Å². The van der Waals surface area contributed by atoms with Crippen LogP contribution in [0.15, 0.2) is 60.7 Å². The van der Waals surface area contributed by atoms with E-state index in [1.165, 1.54) is 0 Å². The molecule has 0 aliphatic carbocycles. The number of para-hydroxylation sites is 1. The lowest BCUT2D eigenvalue weighted by molar-refractivity contribution is -0.117. The molecule has 0 aliphatic heterocycles. The number of anilines is 1. The van der Waals surface area contributed by atoms with Gasteiger partial charge in [-0.3, -0.25) is 4.79 Å². The van der Waals surface area contributed by atoms with Gasteiger partial charge in [0.05, 0.1) is 0 Å². The van der Waals surface area contributed by atoms with Gasteiger partial charge in [0.15, 0.2) is 0 Å². The summed E-state index contributed by atoms with van der Waals surface area (Å²) in [5.74, 6) is -0.302. The second kappa shape index (κ2) is 7.09. The molecule has 0 bridgehead atoms. The van der Waals surface area contributed by atoms with Crippen LogP contribution >= 0.6 is 0 Å². The summed E-state index contributed by atoms with van der Waals surface area (Å²) in [6, 6.07) is 17.1. The number of nitrogens with two attached hydrogens (primary N) is 1. The Hall–Kier alpha value is -2.82. The molecule has 0 spiro atoms. The molecule has 2 aromatic carbocycles. The van der Waals surface area contributed by atoms with Crippen molar-refractivity contribution in [3.05, 3.63) is 66.2 Å². The van der Waals surface area contributed by atoms with E-state index in [9.17, 15) is 9.59 Å². The smallest absolute Gasteiger partial charge is 0.312 e. The molecule has 0 radical (unpaired) electrons. The Morgan fingerprint density at radius 3 is 2.10 bits per heavy atom. The van der Waals surface area contributed by atoms with E-state index >= 15 is 0 Å². The molecule has 5 nitrogen and oxygen atoms in total. The maximum Gasteiger partial charge on any atom is 0.312 e. The summed E-state index contributed by atoms with van der Waals surface area (Å²) in [6.45, 7) is 0. The molecule has 3 amide bonds. The minimum absolute atomic E-state index is 0.302. The fraction of sp³-hybridized carbons (Fsp3) is 0.125. The Labute approximate surface area is 123 Å². The van der Waals surface area contributed by atoms with Crippen molar-refractivity contribution in [3.8, 4) is 0 Å². The van der Waals surface area contributed by atoms with Crippen LogP contribution in [0.25, 0.3) is 0 Å². The lowest BCUT2D eigenvalue weighted by atomic mass is 10.1. The number of hydrogen-bond acceptors (Lipinski definition) is 2. The average Bonchev–Trinajstić information content (AvgIpc) is 2.48. The summed E-state index contributed by atoms with van der Waals surface area (Å²) >= 11 is 0. The first-order valence-corrected chi connectivity index (χ1v) is 6.61. The molecule has 0 aliphatic rings. The van der Waals surface area contributed by atoms with E-state index in [0.717, 1.165) is 5.56 Å².